The SMILES string of the molecule is [B]C[P+](C)=S. The maximum atomic E-state index is 5.10. The van der Waals surface area contributed by atoms with E-state index in [1.54, 1.807) is 0 Å². The van der Waals surface area contributed by atoms with Crippen LogP contribution in [-0.4, -0.2) is 20.6 Å². The second-order valence-corrected chi connectivity index (χ2v) is 4.30. The summed E-state index contributed by atoms with van der Waals surface area (Å²) in [6.45, 7) is 1.74. The van der Waals surface area contributed by atoms with Crippen LogP contribution >= 0.6 is 6.70 Å². The minimum atomic E-state index is -0.237. The largest absolute Gasteiger partial charge is 0.161 e. The minimum Gasteiger partial charge on any atom is 0.0749 e. The van der Waals surface area contributed by atoms with Crippen LogP contribution in [0.3, 0.4) is 0 Å². The summed E-state index contributed by atoms with van der Waals surface area (Å²) in [6, 6.07) is 0.685. The summed E-state index contributed by atoms with van der Waals surface area (Å²) in [6.07, 6.45) is 0. The summed E-state index contributed by atoms with van der Waals surface area (Å²) in [5.41, 5.74) is 0. The maximum Gasteiger partial charge on any atom is 0.161 e. The summed E-state index contributed by atoms with van der Waals surface area (Å²) in [7, 11) is 5.10. The first-order chi connectivity index (χ1) is 2.27. The summed E-state index contributed by atoms with van der Waals surface area (Å²) in [5.74, 6) is 0. The average molecular weight is 103 g/mol. The maximum absolute atomic E-state index is 5.10. The Balaban J connectivity index is 2.85. The zero-order valence-electron chi connectivity index (χ0n) is 3.14. The van der Waals surface area contributed by atoms with Crippen LogP contribution < -0.4 is 0 Å². The van der Waals surface area contributed by atoms with Crippen molar-refractivity contribution in [2.75, 3.05) is 12.7 Å². The first-order valence-corrected chi connectivity index (χ1v) is 4.34. The second kappa shape index (κ2) is 2.80. The zero-order chi connectivity index (χ0) is 4.28. The van der Waals surface area contributed by atoms with Gasteiger partial charge in [0.05, 0.1) is 6.06 Å². The Labute approximate surface area is 39.8 Å². The summed E-state index contributed by atoms with van der Waals surface area (Å²) >= 11 is 4.72. The van der Waals surface area contributed by atoms with E-state index in [-0.39, 0.29) is 6.70 Å². The quantitative estimate of drug-likeness (QED) is 0.347. The van der Waals surface area contributed by atoms with Gasteiger partial charge in [-0.05, 0) is 0 Å². The Morgan fingerprint density at radius 3 is 2.20 bits per heavy atom. The Kier molecular flexibility index (Phi) is 3.13. The van der Waals surface area contributed by atoms with E-state index < -0.39 is 0 Å². The third-order valence-corrected chi connectivity index (χ3v) is 1.22. The van der Waals surface area contributed by atoms with Crippen molar-refractivity contribution < 1.29 is 0 Å². The number of hydrogen-bond acceptors (Lipinski definition) is 1. The standard InChI is InChI=1S/C2H5BPS/c1-4(5)2-3/h2H2,1H3/q+1. The molecule has 0 N–H and O–H groups in total. The van der Waals surface area contributed by atoms with Crippen molar-refractivity contribution in [2.45, 2.75) is 0 Å². The summed E-state index contributed by atoms with van der Waals surface area (Å²) < 4.78 is 0. The molecule has 0 aliphatic carbocycles. The van der Waals surface area contributed by atoms with Crippen molar-refractivity contribution in [3.8, 4) is 0 Å². The van der Waals surface area contributed by atoms with E-state index in [2.05, 4.69) is 0 Å². The topological polar surface area (TPSA) is 0 Å². The molecule has 5 heavy (non-hydrogen) atoms. The predicted molar refractivity (Wildman–Crippen MR) is 30.8 cm³/mol. The Hall–Kier alpha value is 0.585. The lowest BCUT2D eigenvalue weighted by molar-refractivity contribution is 2.15. The highest BCUT2D eigenvalue weighted by Gasteiger charge is 1.86. The van der Waals surface area contributed by atoms with Crippen molar-refractivity contribution in [1.82, 2.24) is 0 Å². The van der Waals surface area contributed by atoms with Gasteiger partial charge in [-0.15, -0.1) is 0 Å². The molecule has 2 radical (unpaired) electrons. The van der Waals surface area contributed by atoms with E-state index in [9.17, 15) is 0 Å². The molecule has 0 aromatic carbocycles. The Morgan fingerprint density at radius 2 is 2.20 bits per heavy atom. The smallest absolute Gasteiger partial charge is 0.0749 e. The fraction of sp³-hybridized carbons (Fsp3) is 1.00. The molecule has 0 nitrogen and oxygen atoms in total. The third kappa shape index (κ3) is 4.58. The Morgan fingerprint density at radius 1 is 2.00 bits per heavy atom. The molecule has 0 fully saturated rings. The van der Waals surface area contributed by atoms with E-state index in [1.807, 2.05) is 6.66 Å². The molecule has 1 unspecified atom stereocenters. The molecule has 0 aromatic heterocycles. The molecule has 0 saturated carbocycles. The summed E-state index contributed by atoms with van der Waals surface area (Å²) in [4.78, 5) is 0. The van der Waals surface area contributed by atoms with Gasteiger partial charge in [0.1, 0.15) is 14.5 Å². The molecule has 26 valence electrons. The number of rotatable bonds is 1. The average Bonchev–Trinajstić information content (AvgIpc) is 1.38. The van der Waals surface area contributed by atoms with Gasteiger partial charge in [-0.3, -0.25) is 0 Å². The first kappa shape index (κ1) is 5.58. The molecular formula is C2H5BPS+. The normalized spacial score (nSPS) is 11.0. The van der Waals surface area contributed by atoms with Crippen LogP contribution in [0, 0.1) is 0 Å². The summed E-state index contributed by atoms with van der Waals surface area (Å²) in [5, 5.41) is 0. The van der Waals surface area contributed by atoms with Gasteiger partial charge in [0.25, 0.3) is 0 Å². The highest BCUT2D eigenvalue weighted by molar-refractivity contribution is 8.05. The van der Waals surface area contributed by atoms with Gasteiger partial charge in [0, 0.05) is 0 Å². The first-order valence-electron chi connectivity index (χ1n) is 1.35. The third-order valence-electron chi connectivity index (χ3n) is 0.257. The molecular weight excluding hydrogens is 97.9 g/mol. The van der Waals surface area contributed by atoms with Crippen molar-refractivity contribution in [3.05, 3.63) is 0 Å². The van der Waals surface area contributed by atoms with Crippen LogP contribution in [0.5, 0.6) is 0 Å². The van der Waals surface area contributed by atoms with Crippen LogP contribution in [0.25, 0.3) is 0 Å². The van der Waals surface area contributed by atoms with E-state index in [0.717, 1.165) is 0 Å². The molecule has 0 aliphatic heterocycles. The molecule has 1 atom stereocenters. The predicted octanol–water partition coefficient (Wildman–Crippen LogP) is 0.686. The lowest BCUT2D eigenvalue weighted by Crippen LogP contribution is -1.65. The molecule has 3 heteroatoms. The van der Waals surface area contributed by atoms with Gasteiger partial charge in [0.2, 0.25) is 0 Å². The van der Waals surface area contributed by atoms with Gasteiger partial charge in [-0.1, -0.05) is 0 Å². The molecule has 0 amide bonds. The monoisotopic (exact) mass is 103 g/mol. The van der Waals surface area contributed by atoms with Crippen LogP contribution in [0.2, 0.25) is 0 Å². The van der Waals surface area contributed by atoms with Crippen molar-refractivity contribution in [2.24, 2.45) is 0 Å². The lowest BCUT2D eigenvalue weighted by atomic mass is 10.2. The van der Waals surface area contributed by atoms with E-state index in [0.29, 0.717) is 6.06 Å². The molecule has 0 heterocycles. The Bertz CT molecular complexity index is 44.9. The van der Waals surface area contributed by atoms with Crippen LogP contribution in [-0.2, 0) is 11.8 Å². The van der Waals surface area contributed by atoms with Crippen molar-refractivity contribution >= 4 is 26.4 Å². The van der Waals surface area contributed by atoms with E-state index in [4.69, 9.17) is 19.7 Å². The van der Waals surface area contributed by atoms with Gasteiger partial charge in [0.15, 0.2) is 18.5 Å². The number of hydrogen-bond donors (Lipinski definition) is 0. The van der Waals surface area contributed by atoms with Gasteiger partial charge in [-0.2, -0.15) is 0 Å². The van der Waals surface area contributed by atoms with Crippen molar-refractivity contribution in [1.29, 1.82) is 0 Å². The van der Waals surface area contributed by atoms with Gasteiger partial charge < -0.3 is 0 Å². The van der Waals surface area contributed by atoms with Crippen molar-refractivity contribution in [3.63, 3.8) is 0 Å². The fourth-order valence-electron chi connectivity index (χ4n) is 0. The second-order valence-electron chi connectivity index (χ2n) is 0.810. The van der Waals surface area contributed by atoms with E-state index in [1.165, 1.54) is 0 Å². The molecule has 0 rings (SSSR count). The highest BCUT2D eigenvalue weighted by atomic mass is 32.4. The fourth-order valence-corrected chi connectivity index (χ4v) is 0. The van der Waals surface area contributed by atoms with Crippen LogP contribution in [0.15, 0.2) is 0 Å². The molecule has 0 saturated heterocycles. The molecule has 0 spiro atoms. The zero-order valence-corrected chi connectivity index (χ0v) is 4.85. The molecule has 0 aromatic rings. The minimum absolute atomic E-state index is 0.237. The van der Waals surface area contributed by atoms with Crippen LogP contribution in [0.1, 0.15) is 0 Å². The van der Waals surface area contributed by atoms with E-state index >= 15 is 0 Å². The highest BCUT2D eigenvalue weighted by Crippen LogP contribution is 2.08. The lowest BCUT2D eigenvalue weighted by Gasteiger charge is -1.61. The van der Waals surface area contributed by atoms with Gasteiger partial charge >= 0.3 is 0 Å². The van der Waals surface area contributed by atoms with Gasteiger partial charge in [-0.25, -0.2) is 0 Å². The molecule has 0 bridgehead atoms. The van der Waals surface area contributed by atoms with Crippen LogP contribution in [0.4, 0.5) is 0 Å². The molecule has 0 aliphatic rings.